The summed E-state index contributed by atoms with van der Waals surface area (Å²) in [6, 6.07) is 19.2. The molecule has 2 aromatic carbocycles. The van der Waals surface area contributed by atoms with Gasteiger partial charge in [-0.1, -0.05) is 102 Å². The maximum atomic E-state index is 12.8. The van der Waals surface area contributed by atoms with E-state index in [4.69, 9.17) is 14.2 Å². The van der Waals surface area contributed by atoms with Gasteiger partial charge in [0.25, 0.3) is 0 Å². The van der Waals surface area contributed by atoms with Crippen LogP contribution in [0.15, 0.2) is 60.7 Å². The van der Waals surface area contributed by atoms with E-state index in [0.29, 0.717) is 52.5 Å². The first-order valence-corrected chi connectivity index (χ1v) is 16.1. The van der Waals surface area contributed by atoms with Crippen molar-refractivity contribution >= 4 is 23.9 Å². The highest BCUT2D eigenvalue weighted by atomic mass is 16.6. The second-order valence-electron chi connectivity index (χ2n) is 12.0. The van der Waals surface area contributed by atoms with Crippen LogP contribution in [0.25, 0.3) is 0 Å². The van der Waals surface area contributed by atoms with Crippen LogP contribution in [0.3, 0.4) is 0 Å². The summed E-state index contributed by atoms with van der Waals surface area (Å²) >= 11 is 0. The standard InChI is InChI=1S/C19H26N2O4.C16H21NO3.2CH4/c1-2-16-12-21(19(23)25-14-15-6-4-3-5-7-15)13-17(16)18(22)20-8-10-24-11-9-20;1-3-14-9-17(10-15(14)12(2)18)16(19)20-11-13-7-5-4-6-8-13;;/h3-7,16-17H,2,8-14H2,1H3;4-8,14-15H,3,9-11H2,1-2H3;2*1H4/t16-,17+;14-,15-;;/m11../s1. The van der Waals surface area contributed by atoms with Crippen molar-refractivity contribution in [3.8, 4) is 0 Å². The van der Waals surface area contributed by atoms with Gasteiger partial charge in [0.05, 0.1) is 19.1 Å². The van der Waals surface area contributed by atoms with Gasteiger partial charge in [-0.15, -0.1) is 0 Å². The van der Waals surface area contributed by atoms with Crippen molar-refractivity contribution in [1.29, 1.82) is 0 Å². The average Bonchev–Trinajstić information content (AvgIpc) is 3.73. The van der Waals surface area contributed by atoms with Crippen molar-refractivity contribution < 1.29 is 33.4 Å². The molecular weight excluding hydrogens is 598 g/mol. The highest BCUT2D eigenvalue weighted by Crippen LogP contribution is 2.29. The van der Waals surface area contributed by atoms with E-state index in [1.807, 2.05) is 65.6 Å². The van der Waals surface area contributed by atoms with Crippen LogP contribution in [0.4, 0.5) is 9.59 Å². The molecule has 10 nitrogen and oxygen atoms in total. The van der Waals surface area contributed by atoms with Gasteiger partial charge in [-0.25, -0.2) is 9.59 Å². The maximum absolute atomic E-state index is 12.8. The van der Waals surface area contributed by atoms with Gasteiger partial charge < -0.3 is 28.9 Å². The second kappa shape index (κ2) is 19.7. The van der Waals surface area contributed by atoms with Gasteiger partial charge in [-0.05, 0) is 29.9 Å². The number of hydrogen-bond donors (Lipinski definition) is 0. The van der Waals surface area contributed by atoms with Gasteiger partial charge in [0, 0.05) is 45.2 Å². The van der Waals surface area contributed by atoms with Crippen LogP contribution in [0.5, 0.6) is 0 Å². The number of carbonyl (C=O) groups excluding carboxylic acids is 4. The molecule has 5 rings (SSSR count). The number of benzene rings is 2. The normalized spacial score (nSPS) is 21.8. The minimum atomic E-state index is -0.334. The number of ketones is 1. The Balaban J connectivity index is 0.000000321. The Morgan fingerprint density at radius 2 is 1.09 bits per heavy atom. The summed E-state index contributed by atoms with van der Waals surface area (Å²) in [6.07, 6.45) is 1.13. The zero-order valence-corrected chi connectivity index (χ0v) is 26.8. The number of amides is 3. The Labute approximate surface area is 281 Å². The number of nitrogens with zero attached hydrogens (tertiary/aromatic N) is 3. The molecule has 3 amide bonds. The molecule has 3 aliphatic rings. The number of ether oxygens (including phenoxy) is 3. The van der Waals surface area contributed by atoms with E-state index in [-0.39, 0.29) is 75.6 Å². The third kappa shape index (κ3) is 11.1. The molecular formula is C37H55N3O7. The molecule has 3 fully saturated rings. The Morgan fingerprint density at radius 3 is 1.49 bits per heavy atom. The summed E-state index contributed by atoms with van der Waals surface area (Å²) in [5.74, 6) is 0.594. The van der Waals surface area contributed by atoms with Crippen LogP contribution in [0.2, 0.25) is 0 Å². The molecule has 0 aromatic heterocycles. The third-order valence-electron chi connectivity index (χ3n) is 9.02. The fourth-order valence-electron chi connectivity index (χ4n) is 6.25. The molecule has 260 valence electrons. The largest absolute Gasteiger partial charge is 0.445 e. The highest BCUT2D eigenvalue weighted by molar-refractivity contribution is 5.81. The van der Waals surface area contributed by atoms with Crippen LogP contribution in [-0.4, -0.2) is 91.1 Å². The fourth-order valence-corrected chi connectivity index (χ4v) is 6.25. The molecule has 3 heterocycles. The molecule has 10 heteroatoms. The predicted octanol–water partition coefficient (Wildman–Crippen LogP) is 6.28. The Morgan fingerprint density at radius 1 is 0.660 bits per heavy atom. The quantitative estimate of drug-likeness (QED) is 0.330. The summed E-state index contributed by atoms with van der Waals surface area (Å²) in [4.78, 5) is 54.0. The first-order chi connectivity index (χ1) is 21.8. The molecule has 0 unspecified atom stereocenters. The molecule has 0 bridgehead atoms. The minimum absolute atomic E-state index is 0. The topological polar surface area (TPSA) is 106 Å². The van der Waals surface area contributed by atoms with Gasteiger partial charge in [-0.3, -0.25) is 9.59 Å². The Bertz CT molecular complexity index is 1250. The van der Waals surface area contributed by atoms with Crippen LogP contribution in [0.1, 0.15) is 59.6 Å². The van der Waals surface area contributed by atoms with E-state index in [2.05, 4.69) is 13.8 Å². The van der Waals surface area contributed by atoms with Crippen LogP contribution in [0, 0.1) is 23.7 Å². The van der Waals surface area contributed by atoms with Crippen molar-refractivity contribution in [2.75, 3.05) is 52.5 Å². The van der Waals surface area contributed by atoms with Gasteiger partial charge >= 0.3 is 12.2 Å². The first kappa shape index (κ1) is 39.3. The summed E-state index contributed by atoms with van der Waals surface area (Å²) in [5.41, 5.74) is 1.93. The van der Waals surface area contributed by atoms with E-state index in [1.54, 1.807) is 16.7 Å². The second-order valence-corrected chi connectivity index (χ2v) is 12.0. The first-order valence-electron chi connectivity index (χ1n) is 16.1. The molecule has 0 spiro atoms. The monoisotopic (exact) mass is 653 g/mol. The van der Waals surface area contributed by atoms with Crippen LogP contribution < -0.4 is 0 Å². The number of rotatable bonds is 8. The van der Waals surface area contributed by atoms with E-state index >= 15 is 0 Å². The van der Waals surface area contributed by atoms with Crippen molar-refractivity contribution in [1.82, 2.24) is 14.7 Å². The molecule has 47 heavy (non-hydrogen) atoms. The molecule has 0 saturated carbocycles. The lowest BCUT2D eigenvalue weighted by atomic mass is 9.91. The number of Topliss-reactive ketones (excluding diaryl/α,β-unsaturated/α-hetero) is 1. The van der Waals surface area contributed by atoms with E-state index < -0.39 is 0 Å². The SMILES string of the molecule is C.C.CC[C@@H]1CN(C(=O)OCc2ccccc2)C[C@@H]1C(=O)N1CCOCC1.CC[C@@H]1CN(C(=O)OCc2ccccc2)C[C@@H]1C(C)=O. The minimum Gasteiger partial charge on any atom is -0.445 e. The van der Waals surface area contributed by atoms with Gasteiger partial charge in [0.15, 0.2) is 0 Å². The van der Waals surface area contributed by atoms with Crippen LogP contribution >= 0.6 is 0 Å². The molecule has 3 aliphatic heterocycles. The summed E-state index contributed by atoms with van der Waals surface area (Å²) in [5, 5.41) is 0. The summed E-state index contributed by atoms with van der Waals surface area (Å²) < 4.78 is 16.0. The fraction of sp³-hybridized carbons (Fsp3) is 0.568. The lowest BCUT2D eigenvalue weighted by molar-refractivity contribution is -0.140. The molecule has 0 N–H and O–H groups in total. The van der Waals surface area contributed by atoms with Gasteiger partial charge in [-0.2, -0.15) is 0 Å². The maximum Gasteiger partial charge on any atom is 0.410 e. The Hall–Kier alpha value is -3.92. The van der Waals surface area contributed by atoms with E-state index in [9.17, 15) is 19.2 Å². The number of hydrogen-bond acceptors (Lipinski definition) is 7. The van der Waals surface area contributed by atoms with Crippen molar-refractivity contribution in [2.24, 2.45) is 23.7 Å². The third-order valence-corrected chi connectivity index (χ3v) is 9.02. The van der Waals surface area contributed by atoms with Crippen molar-refractivity contribution in [3.63, 3.8) is 0 Å². The number of likely N-dealkylation sites (tertiary alicyclic amines) is 2. The van der Waals surface area contributed by atoms with Gasteiger partial charge in [0.1, 0.15) is 19.0 Å². The molecule has 2 aromatic rings. The smallest absolute Gasteiger partial charge is 0.410 e. The lowest BCUT2D eigenvalue weighted by Crippen LogP contribution is -2.45. The zero-order valence-electron chi connectivity index (χ0n) is 26.8. The number of carbonyl (C=O) groups is 4. The molecule has 0 aliphatic carbocycles. The predicted molar refractivity (Wildman–Crippen MR) is 182 cm³/mol. The van der Waals surface area contributed by atoms with Gasteiger partial charge in [0.2, 0.25) is 5.91 Å². The zero-order chi connectivity index (χ0) is 32.2. The Kier molecular flexibility index (Phi) is 16.4. The van der Waals surface area contributed by atoms with E-state index in [1.165, 1.54) is 0 Å². The molecule has 4 atom stereocenters. The van der Waals surface area contributed by atoms with Crippen molar-refractivity contribution in [3.05, 3.63) is 71.8 Å². The van der Waals surface area contributed by atoms with E-state index in [0.717, 1.165) is 24.0 Å². The average molecular weight is 654 g/mol. The summed E-state index contributed by atoms with van der Waals surface area (Å²) in [6.45, 7) is 10.9. The molecule has 0 radical (unpaired) electrons. The summed E-state index contributed by atoms with van der Waals surface area (Å²) in [7, 11) is 0. The molecule has 3 saturated heterocycles. The highest BCUT2D eigenvalue weighted by Gasteiger charge is 2.41. The van der Waals surface area contributed by atoms with Crippen molar-refractivity contribution in [2.45, 2.75) is 61.7 Å². The number of morpholine rings is 1. The van der Waals surface area contributed by atoms with Crippen LogP contribution in [-0.2, 0) is 37.0 Å². The lowest BCUT2D eigenvalue weighted by Gasteiger charge is -2.30.